The summed E-state index contributed by atoms with van der Waals surface area (Å²) in [6, 6.07) is 26.1. The normalized spacial score (nSPS) is 11.8. The summed E-state index contributed by atoms with van der Waals surface area (Å²) in [5.74, 6) is -0.495. The number of nitrogens with one attached hydrogen (secondary N) is 1. The Kier molecular flexibility index (Phi) is 12.1. The number of hydrogen-bond donors (Lipinski definition) is 1. The minimum atomic E-state index is -4.25. The maximum absolute atomic E-state index is 14.5. The first-order valence-electron chi connectivity index (χ1n) is 14.8. The summed E-state index contributed by atoms with van der Waals surface area (Å²) in [5.41, 5.74) is 2.48. The molecule has 8 nitrogen and oxygen atoms in total. The largest absolute Gasteiger partial charge is 0.497 e. The average Bonchev–Trinajstić information content (AvgIpc) is 3.06. The Balaban J connectivity index is 1.82. The van der Waals surface area contributed by atoms with E-state index < -0.39 is 28.5 Å². The van der Waals surface area contributed by atoms with Gasteiger partial charge >= 0.3 is 0 Å². The van der Waals surface area contributed by atoms with Gasteiger partial charge in [-0.2, -0.15) is 0 Å². The van der Waals surface area contributed by atoms with Crippen LogP contribution in [0.3, 0.4) is 0 Å². The minimum absolute atomic E-state index is 0.0242. The van der Waals surface area contributed by atoms with E-state index in [1.54, 1.807) is 54.6 Å². The lowest BCUT2D eigenvalue weighted by Crippen LogP contribution is -2.53. The molecule has 4 rings (SSSR count). The molecule has 0 radical (unpaired) electrons. The molecule has 0 fully saturated rings. The number of sulfonamides is 1. The van der Waals surface area contributed by atoms with Gasteiger partial charge in [-0.3, -0.25) is 13.9 Å². The number of hydrogen-bond acceptors (Lipinski definition) is 5. The van der Waals surface area contributed by atoms with Gasteiger partial charge in [0, 0.05) is 35.1 Å². The second-order valence-corrected chi connectivity index (χ2v) is 13.4. The van der Waals surface area contributed by atoms with Crippen LogP contribution in [-0.2, 0) is 32.6 Å². The number of anilines is 1. The molecule has 1 atom stereocenters. The molecule has 46 heavy (non-hydrogen) atoms. The molecule has 11 heteroatoms. The van der Waals surface area contributed by atoms with Crippen LogP contribution in [0, 0.1) is 6.92 Å². The molecule has 0 saturated heterocycles. The van der Waals surface area contributed by atoms with E-state index in [1.807, 2.05) is 44.2 Å². The maximum Gasteiger partial charge on any atom is 0.264 e. The van der Waals surface area contributed by atoms with E-state index >= 15 is 0 Å². The number of nitrogens with zero attached hydrogens (tertiary/aromatic N) is 2. The number of halogens is 2. The average molecular weight is 683 g/mol. The number of methoxy groups -OCH3 is 1. The Hall–Kier alpha value is -4.05. The van der Waals surface area contributed by atoms with E-state index in [-0.39, 0.29) is 23.8 Å². The molecule has 2 amide bonds. The summed E-state index contributed by atoms with van der Waals surface area (Å²) in [6.07, 6.45) is 0.870. The second kappa shape index (κ2) is 16.0. The topological polar surface area (TPSA) is 96.0 Å². The molecule has 242 valence electrons. The van der Waals surface area contributed by atoms with Crippen molar-refractivity contribution in [2.24, 2.45) is 0 Å². The third-order valence-corrected chi connectivity index (χ3v) is 9.96. The number of benzene rings is 4. The highest BCUT2D eigenvalue weighted by atomic mass is 35.5. The van der Waals surface area contributed by atoms with Crippen molar-refractivity contribution in [3.05, 3.63) is 124 Å². The lowest BCUT2D eigenvalue weighted by molar-refractivity contribution is -0.140. The number of carbonyl (C=O) groups is 2. The van der Waals surface area contributed by atoms with Crippen LogP contribution in [-0.4, -0.2) is 51.4 Å². The predicted octanol–water partition coefficient (Wildman–Crippen LogP) is 6.67. The molecule has 4 aromatic rings. The number of rotatable bonds is 14. The van der Waals surface area contributed by atoms with Gasteiger partial charge in [0.1, 0.15) is 18.3 Å². The Morgan fingerprint density at radius 2 is 1.50 bits per heavy atom. The molecule has 0 aliphatic heterocycles. The van der Waals surface area contributed by atoms with Crippen LogP contribution < -0.4 is 14.4 Å². The van der Waals surface area contributed by atoms with Crippen molar-refractivity contribution in [1.29, 1.82) is 0 Å². The number of amides is 2. The first kappa shape index (κ1) is 34.8. The summed E-state index contributed by atoms with van der Waals surface area (Å²) in [7, 11) is -2.76. The molecule has 1 N–H and O–H groups in total. The van der Waals surface area contributed by atoms with Gasteiger partial charge in [0.05, 0.1) is 17.7 Å². The molecule has 0 heterocycles. The first-order chi connectivity index (χ1) is 22.0. The summed E-state index contributed by atoms with van der Waals surface area (Å²) in [6.45, 7) is 3.50. The van der Waals surface area contributed by atoms with Crippen molar-refractivity contribution in [2.45, 2.75) is 44.2 Å². The lowest BCUT2D eigenvalue weighted by atomic mass is 10.0. The van der Waals surface area contributed by atoms with Gasteiger partial charge in [0.15, 0.2) is 0 Å². The molecule has 0 aliphatic rings. The molecule has 0 aliphatic carbocycles. The number of ether oxygens (including phenoxy) is 1. The number of carbonyl (C=O) groups excluding carboxylic acids is 2. The predicted molar refractivity (Wildman–Crippen MR) is 183 cm³/mol. The Bertz CT molecular complexity index is 1710. The Labute approximate surface area is 280 Å². The molecule has 0 bridgehead atoms. The Morgan fingerprint density at radius 3 is 2.09 bits per heavy atom. The van der Waals surface area contributed by atoms with Crippen LogP contribution >= 0.6 is 23.2 Å². The van der Waals surface area contributed by atoms with Gasteiger partial charge in [0.25, 0.3) is 10.0 Å². The van der Waals surface area contributed by atoms with Crippen molar-refractivity contribution >= 4 is 50.7 Å². The van der Waals surface area contributed by atoms with Gasteiger partial charge in [-0.1, -0.05) is 84.2 Å². The molecule has 0 saturated carbocycles. The first-order valence-corrected chi connectivity index (χ1v) is 17.0. The fourth-order valence-electron chi connectivity index (χ4n) is 4.89. The summed E-state index contributed by atoms with van der Waals surface area (Å²) < 4.78 is 34.6. The fourth-order valence-corrected chi connectivity index (χ4v) is 6.82. The highest BCUT2D eigenvalue weighted by molar-refractivity contribution is 7.92. The van der Waals surface area contributed by atoms with Crippen LogP contribution in [0.15, 0.2) is 102 Å². The third-order valence-electron chi connectivity index (χ3n) is 7.46. The smallest absolute Gasteiger partial charge is 0.264 e. The van der Waals surface area contributed by atoms with E-state index in [9.17, 15) is 18.0 Å². The monoisotopic (exact) mass is 681 g/mol. The van der Waals surface area contributed by atoms with Crippen LogP contribution in [0.5, 0.6) is 5.75 Å². The van der Waals surface area contributed by atoms with Crippen molar-refractivity contribution < 1.29 is 22.7 Å². The number of aryl methyl sites for hydroxylation is 1. The molecule has 0 unspecified atom stereocenters. The van der Waals surface area contributed by atoms with Crippen LogP contribution in [0.2, 0.25) is 10.0 Å². The van der Waals surface area contributed by atoms with E-state index in [2.05, 4.69) is 5.32 Å². The quantitative estimate of drug-likeness (QED) is 0.160. The standard InChI is InChI=1S/C35H37Cl2N3O5S/c1-4-21-38-35(42)33(22-26-9-6-5-7-10-26)39(23-30-31(36)11-8-12-32(30)37)34(41)24-40(27-15-13-25(2)14-16-27)46(43,44)29-19-17-28(45-3)18-20-29/h5-20,33H,4,21-24H2,1-3H3,(H,38,42)/t33-/m0/s1. The lowest BCUT2D eigenvalue weighted by Gasteiger charge is -2.34. The molecule has 4 aromatic carbocycles. The van der Waals surface area contributed by atoms with E-state index in [1.165, 1.54) is 24.1 Å². The SMILES string of the molecule is CCCNC(=O)[C@H](Cc1ccccc1)N(Cc1c(Cl)cccc1Cl)C(=O)CN(c1ccc(C)cc1)S(=O)(=O)c1ccc(OC)cc1. The van der Waals surface area contributed by atoms with Crippen LogP contribution in [0.1, 0.15) is 30.0 Å². The van der Waals surface area contributed by atoms with Crippen LogP contribution in [0.4, 0.5) is 5.69 Å². The highest BCUT2D eigenvalue weighted by Gasteiger charge is 2.35. The van der Waals surface area contributed by atoms with Gasteiger partial charge < -0.3 is 15.0 Å². The van der Waals surface area contributed by atoms with E-state index in [0.717, 1.165) is 15.4 Å². The fraction of sp³-hybridized carbons (Fsp3) is 0.257. The summed E-state index contributed by atoms with van der Waals surface area (Å²) in [4.78, 5) is 29.7. The van der Waals surface area contributed by atoms with Gasteiger partial charge in [0.2, 0.25) is 11.8 Å². The van der Waals surface area contributed by atoms with Crippen molar-refractivity contribution in [2.75, 3.05) is 24.5 Å². The zero-order valence-electron chi connectivity index (χ0n) is 26.0. The van der Waals surface area contributed by atoms with E-state index in [4.69, 9.17) is 27.9 Å². The van der Waals surface area contributed by atoms with Crippen molar-refractivity contribution in [1.82, 2.24) is 10.2 Å². The van der Waals surface area contributed by atoms with Gasteiger partial charge in [-0.25, -0.2) is 8.42 Å². The van der Waals surface area contributed by atoms with Crippen molar-refractivity contribution in [3.8, 4) is 5.75 Å². The maximum atomic E-state index is 14.5. The molecule has 0 aromatic heterocycles. The van der Waals surface area contributed by atoms with Gasteiger partial charge in [-0.05, 0) is 67.4 Å². The molecule has 0 spiro atoms. The second-order valence-electron chi connectivity index (χ2n) is 10.7. The zero-order chi connectivity index (χ0) is 33.3. The Morgan fingerprint density at radius 1 is 0.870 bits per heavy atom. The molecular formula is C35H37Cl2N3O5S. The summed E-state index contributed by atoms with van der Waals surface area (Å²) in [5, 5.41) is 3.56. The van der Waals surface area contributed by atoms with Gasteiger partial charge in [-0.15, -0.1) is 0 Å². The highest BCUT2D eigenvalue weighted by Crippen LogP contribution is 2.29. The zero-order valence-corrected chi connectivity index (χ0v) is 28.3. The van der Waals surface area contributed by atoms with Crippen LogP contribution in [0.25, 0.3) is 0 Å². The van der Waals surface area contributed by atoms with E-state index in [0.29, 0.717) is 40.0 Å². The minimum Gasteiger partial charge on any atom is -0.497 e. The third kappa shape index (κ3) is 8.60. The van der Waals surface area contributed by atoms with Crippen molar-refractivity contribution in [3.63, 3.8) is 0 Å². The molecular weight excluding hydrogens is 645 g/mol. The summed E-state index contributed by atoms with van der Waals surface area (Å²) >= 11 is 13.1.